The van der Waals surface area contributed by atoms with E-state index in [1.165, 1.54) is 5.56 Å². The van der Waals surface area contributed by atoms with Gasteiger partial charge in [0.2, 0.25) is 0 Å². The summed E-state index contributed by atoms with van der Waals surface area (Å²) in [5, 5.41) is 4.40. The minimum Gasteiger partial charge on any atom is -0.380 e. The highest BCUT2D eigenvalue weighted by Crippen LogP contribution is 2.20. The molecule has 0 radical (unpaired) electrons. The van der Waals surface area contributed by atoms with Crippen LogP contribution >= 0.6 is 0 Å². The van der Waals surface area contributed by atoms with Crippen molar-refractivity contribution in [3.05, 3.63) is 18.0 Å². The monoisotopic (exact) mass is 252 g/mol. The molecule has 2 heterocycles. The molecule has 1 aromatic heterocycles. The van der Waals surface area contributed by atoms with E-state index in [1.807, 2.05) is 10.9 Å². The first-order chi connectivity index (χ1) is 8.85. The van der Waals surface area contributed by atoms with Crippen LogP contribution in [0.5, 0.6) is 0 Å². The summed E-state index contributed by atoms with van der Waals surface area (Å²) in [6.07, 6.45) is 6.28. The van der Waals surface area contributed by atoms with Crippen molar-refractivity contribution in [2.45, 2.75) is 32.4 Å². The van der Waals surface area contributed by atoms with Crippen molar-refractivity contribution < 1.29 is 4.74 Å². The van der Waals surface area contributed by atoms with Crippen molar-refractivity contribution in [1.29, 1.82) is 0 Å². The van der Waals surface area contributed by atoms with Gasteiger partial charge in [-0.15, -0.1) is 0 Å². The maximum Gasteiger partial charge on any atom is 0.0593 e. The molecule has 1 saturated heterocycles. The summed E-state index contributed by atoms with van der Waals surface area (Å²) in [6.45, 7) is 7.45. The predicted octanol–water partition coefficient (Wildman–Crippen LogP) is 1.02. The number of hydrogen-bond acceptors (Lipinski definition) is 4. The molecule has 102 valence electrons. The minimum atomic E-state index is 0.275. The molecule has 0 amide bonds. The number of nitrogens with zero attached hydrogens (tertiary/aromatic N) is 3. The van der Waals surface area contributed by atoms with Crippen LogP contribution in [0.2, 0.25) is 0 Å². The zero-order valence-corrected chi connectivity index (χ0v) is 11.2. The maximum atomic E-state index is 5.95. The highest BCUT2D eigenvalue weighted by atomic mass is 16.5. The lowest BCUT2D eigenvalue weighted by Gasteiger charge is -2.28. The Morgan fingerprint density at radius 3 is 3.11 bits per heavy atom. The molecule has 5 nitrogen and oxygen atoms in total. The van der Waals surface area contributed by atoms with E-state index in [0.717, 1.165) is 45.7 Å². The quantitative estimate of drug-likeness (QED) is 0.850. The fraction of sp³-hybridized carbons (Fsp3) is 0.769. The van der Waals surface area contributed by atoms with Gasteiger partial charge in [0.1, 0.15) is 0 Å². The van der Waals surface area contributed by atoms with Crippen LogP contribution in [0, 0.1) is 0 Å². The Labute approximate surface area is 109 Å². The van der Waals surface area contributed by atoms with E-state index in [4.69, 9.17) is 10.5 Å². The van der Waals surface area contributed by atoms with Crippen molar-refractivity contribution in [3.63, 3.8) is 0 Å². The van der Waals surface area contributed by atoms with Crippen LogP contribution in [-0.2, 0) is 11.3 Å². The molecule has 2 N–H and O–H groups in total. The normalized spacial score (nSPS) is 19.7. The minimum absolute atomic E-state index is 0.275. The summed E-state index contributed by atoms with van der Waals surface area (Å²) >= 11 is 0. The average Bonchev–Trinajstić information content (AvgIpc) is 2.66. The zero-order valence-electron chi connectivity index (χ0n) is 11.2. The van der Waals surface area contributed by atoms with E-state index in [2.05, 4.69) is 23.1 Å². The van der Waals surface area contributed by atoms with Gasteiger partial charge in [0.25, 0.3) is 0 Å². The molecule has 18 heavy (non-hydrogen) atoms. The molecule has 0 aromatic carbocycles. The van der Waals surface area contributed by atoms with Gasteiger partial charge in [-0.1, -0.05) is 6.92 Å². The van der Waals surface area contributed by atoms with Crippen LogP contribution in [0.4, 0.5) is 0 Å². The number of aryl methyl sites for hydroxylation is 1. The fourth-order valence-electron chi connectivity index (χ4n) is 2.48. The molecular formula is C13H24N4O. The lowest BCUT2D eigenvalue weighted by atomic mass is 10.1. The van der Waals surface area contributed by atoms with Crippen LogP contribution in [-0.4, -0.2) is 47.5 Å². The lowest BCUT2D eigenvalue weighted by molar-refractivity contribution is 0.132. The van der Waals surface area contributed by atoms with Crippen molar-refractivity contribution in [3.8, 4) is 0 Å². The molecule has 1 fully saturated rings. The Balaban J connectivity index is 2.05. The third-order valence-corrected chi connectivity index (χ3v) is 3.41. The van der Waals surface area contributed by atoms with Gasteiger partial charge in [0, 0.05) is 44.5 Å². The molecule has 0 spiro atoms. The van der Waals surface area contributed by atoms with E-state index in [0.29, 0.717) is 6.54 Å². The SMILES string of the molecule is CCCn1cc(C(CN)N2CCCOCC2)cn1. The smallest absolute Gasteiger partial charge is 0.0593 e. The highest BCUT2D eigenvalue weighted by Gasteiger charge is 2.21. The number of aromatic nitrogens is 2. The first kappa shape index (κ1) is 13.5. The molecule has 1 aliphatic rings. The molecule has 2 rings (SSSR count). The van der Waals surface area contributed by atoms with E-state index in [9.17, 15) is 0 Å². The van der Waals surface area contributed by atoms with Gasteiger partial charge in [-0.25, -0.2) is 0 Å². The Kier molecular flexibility index (Phi) is 5.16. The molecule has 1 atom stereocenters. The van der Waals surface area contributed by atoms with Crippen LogP contribution in [0.3, 0.4) is 0 Å². The molecule has 0 saturated carbocycles. The first-order valence-corrected chi connectivity index (χ1v) is 6.89. The topological polar surface area (TPSA) is 56.3 Å². The Bertz CT molecular complexity index is 345. The maximum absolute atomic E-state index is 5.95. The highest BCUT2D eigenvalue weighted by molar-refractivity contribution is 5.11. The van der Waals surface area contributed by atoms with Gasteiger partial charge < -0.3 is 10.5 Å². The standard InChI is InChI=1S/C13H24N4O/c1-2-4-17-11-12(10-15-17)13(9-14)16-5-3-7-18-8-6-16/h10-11,13H,2-9,14H2,1H3. The fourth-order valence-corrected chi connectivity index (χ4v) is 2.48. The molecule has 1 aliphatic heterocycles. The van der Waals surface area contributed by atoms with Crippen molar-refractivity contribution in [2.24, 2.45) is 5.73 Å². The third-order valence-electron chi connectivity index (χ3n) is 3.41. The molecular weight excluding hydrogens is 228 g/mol. The number of rotatable bonds is 5. The molecule has 0 bridgehead atoms. The number of nitrogens with two attached hydrogens (primary N) is 1. The second-order valence-corrected chi connectivity index (χ2v) is 4.79. The van der Waals surface area contributed by atoms with Gasteiger partial charge in [-0.05, 0) is 12.8 Å². The lowest BCUT2D eigenvalue weighted by Crippen LogP contribution is -2.35. The summed E-state index contributed by atoms with van der Waals surface area (Å²) in [5.41, 5.74) is 7.18. The summed E-state index contributed by atoms with van der Waals surface area (Å²) in [5.74, 6) is 0. The second kappa shape index (κ2) is 6.87. The van der Waals surface area contributed by atoms with Gasteiger partial charge in [-0.2, -0.15) is 5.10 Å². The Hall–Kier alpha value is -0.910. The zero-order chi connectivity index (χ0) is 12.8. The number of hydrogen-bond donors (Lipinski definition) is 1. The largest absolute Gasteiger partial charge is 0.380 e. The first-order valence-electron chi connectivity index (χ1n) is 6.89. The summed E-state index contributed by atoms with van der Waals surface area (Å²) in [6, 6.07) is 0.275. The van der Waals surface area contributed by atoms with Gasteiger partial charge in [0.05, 0.1) is 18.8 Å². The Morgan fingerprint density at radius 1 is 1.44 bits per heavy atom. The summed E-state index contributed by atoms with van der Waals surface area (Å²) < 4.78 is 7.50. The van der Waals surface area contributed by atoms with Crippen LogP contribution in [0.1, 0.15) is 31.4 Å². The summed E-state index contributed by atoms with van der Waals surface area (Å²) in [4.78, 5) is 2.42. The van der Waals surface area contributed by atoms with Crippen LogP contribution in [0.15, 0.2) is 12.4 Å². The Morgan fingerprint density at radius 2 is 2.33 bits per heavy atom. The number of ether oxygens (including phenoxy) is 1. The van der Waals surface area contributed by atoms with Crippen molar-refractivity contribution in [2.75, 3.05) is 32.8 Å². The second-order valence-electron chi connectivity index (χ2n) is 4.79. The van der Waals surface area contributed by atoms with Crippen LogP contribution < -0.4 is 5.73 Å². The average molecular weight is 252 g/mol. The summed E-state index contributed by atoms with van der Waals surface area (Å²) in [7, 11) is 0. The van der Waals surface area contributed by atoms with Gasteiger partial charge in [0.15, 0.2) is 0 Å². The van der Waals surface area contributed by atoms with Crippen molar-refractivity contribution >= 4 is 0 Å². The van der Waals surface area contributed by atoms with E-state index >= 15 is 0 Å². The van der Waals surface area contributed by atoms with E-state index in [-0.39, 0.29) is 6.04 Å². The van der Waals surface area contributed by atoms with Crippen LogP contribution in [0.25, 0.3) is 0 Å². The molecule has 1 unspecified atom stereocenters. The third kappa shape index (κ3) is 3.31. The van der Waals surface area contributed by atoms with Gasteiger partial charge in [-0.3, -0.25) is 9.58 Å². The van der Waals surface area contributed by atoms with Gasteiger partial charge >= 0.3 is 0 Å². The van der Waals surface area contributed by atoms with Crippen molar-refractivity contribution in [1.82, 2.24) is 14.7 Å². The van der Waals surface area contributed by atoms with E-state index in [1.54, 1.807) is 0 Å². The molecule has 0 aliphatic carbocycles. The molecule has 1 aromatic rings. The van der Waals surface area contributed by atoms with E-state index < -0.39 is 0 Å². The predicted molar refractivity (Wildman–Crippen MR) is 71.3 cm³/mol. The molecule has 5 heteroatoms.